The third-order valence-corrected chi connectivity index (χ3v) is 7.38. The molecule has 0 unspecified atom stereocenters. The number of aromatic nitrogens is 1. The Hall–Kier alpha value is -3.45. The van der Waals surface area contributed by atoms with Crippen molar-refractivity contribution in [2.45, 2.75) is 53.1 Å². The monoisotopic (exact) mass is 520 g/mol. The molecule has 1 aliphatic rings. The molecule has 1 aliphatic heterocycles. The molecule has 0 aliphatic carbocycles. The number of esters is 1. The number of halogens is 1. The zero-order valence-electron chi connectivity index (χ0n) is 22.7. The molecule has 0 bridgehead atoms. The predicted molar refractivity (Wildman–Crippen MR) is 147 cm³/mol. The summed E-state index contributed by atoms with van der Waals surface area (Å²) in [5.74, 6) is 0.133. The molecule has 7 heteroatoms. The van der Waals surface area contributed by atoms with Crippen LogP contribution < -0.4 is 9.64 Å². The van der Waals surface area contributed by atoms with Gasteiger partial charge in [-0.05, 0) is 60.6 Å². The maximum absolute atomic E-state index is 13.1. The highest BCUT2D eigenvalue weighted by atomic mass is 19.1. The van der Waals surface area contributed by atoms with Gasteiger partial charge in [0.2, 0.25) is 0 Å². The Labute approximate surface area is 224 Å². The first-order valence-electron chi connectivity index (χ1n) is 13.1. The number of hydrogen-bond donors (Lipinski definition) is 1. The summed E-state index contributed by atoms with van der Waals surface area (Å²) in [5.41, 5.74) is 6.18. The lowest BCUT2D eigenvalue weighted by atomic mass is 9.82. The largest absolute Gasteiger partial charge is 0.493 e. The molecule has 0 radical (unpaired) electrons. The summed E-state index contributed by atoms with van der Waals surface area (Å²) in [6.07, 6.45) is 2.79. The van der Waals surface area contributed by atoms with E-state index in [9.17, 15) is 14.3 Å². The zero-order valence-corrected chi connectivity index (χ0v) is 22.7. The highest BCUT2D eigenvalue weighted by Gasteiger charge is 2.30. The molecular weight excluding hydrogens is 483 g/mol. The molecule has 6 nitrogen and oxygen atoms in total. The van der Waals surface area contributed by atoms with E-state index < -0.39 is 0 Å². The minimum atomic E-state index is -0.361. The standard InChI is InChI=1S/C31H37FN2O4/c1-21-29(23-7-11-25(12-8-23)38-18-13-22-5-9-24(32)10-6-22)30(34-16-14-31(2,3)15-17-34)26(19-28(36)37-4)27(20-35)33-21/h5-12,35H,13-20H2,1-4H3. The van der Waals surface area contributed by atoms with E-state index in [1.54, 1.807) is 12.1 Å². The average Bonchev–Trinajstić information content (AvgIpc) is 2.91. The van der Waals surface area contributed by atoms with Gasteiger partial charge in [0.05, 0.1) is 38.1 Å². The second kappa shape index (κ2) is 11.9. The Balaban J connectivity index is 1.65. The van der Waals surface area contributed by atoms with Crippen LogP contribution in [-0.4, -0.2) is 42.9 Å². The number of hydrogen-bond acceptors (Lipinski definition) is 6. The van der Waals surface area contributed by atoms with Crippen LogP contribution in [0.25, 0.3) is 11.1 Å². The molecule has 0 saturated carbocycles. The summed E-state index contributed by atoms with van der Waals surface area (Å²) in [7, 11) is 1.38. The molecule has 3 aromatic rings. The van der Waals surface area contributed by atoms with Crippen LogP contribution in [0, 0.1) is 18.2 Å². The molecule has 38 heavy (non-hydrogen) atoms. The number of aryl methyl sites for hydroxylation is 1. The number of rotatable bonds is 9. The number of piperidine rings is 1. The third kappa shape index (κ3) is 6.51. The molecule has 4 rings (SSSR count). The van der Waals surface area contributed by atoms with E-state index >= 15 is 0 Å². The molecule has 2 aromatic carbocycles. The fourth-order valence-electron chi connectivity index (χ4n) is 5.00. The molecule has 1 fully saturated rings. The number of pyridine rings is 1. The van der Waals surface area contributed by atoms with Crippen LogP contribution in [0.15, 0.2) is 48.5 Å². The molecular formula is C31H37FN2O4. The van der Waals surface area contributed by atoms with E-state index in [2.05, 4.69) is 18.7 Å². The number of benzene rings is 2. The van der Waals surface area contributed by atoms with Crippen LogP contribution in [0.1, 0.15) is 49.2 Å². The fraction of sp³-hybridized carbons (Fsp3) is 0.419. The number of aliphatic hydroxyl groups is 1. The van der Waals surface area contributed by atoms with E-state index in [1.807, 2.05) is 31.2 Å². The van der Waals surface area contributed by atoms with Crippen molar-refractivity contribution in [3.63, 3.8) is 0 Å². The van der Waals surface area contributed by atoms with Crippen molar-refractivity contribution < 1.29 is 23.8 Å². The zero-order chi connectivity index (χ0) is 27.3. The Morgan fingerprint density at radius 3 is 2.34 bits per heavy atom. The van der Waals surface area contributed by atoms with E-state index in [0.29, 0.717) is 18.7 Å². The van der Waals surface area contributed by atoms with Gasteiger partial charge < -0.3 is 19.5 Å². The number of aliphatic hydroxyl groups excluding tert-OH is 1. The van der Waals surface area contributed by atoms with Gasteiger partial charge in [0.25, 0.3) is 0 Å². The van der Waals surface area contributed by atoms with Crippen molar-refractivity contribution in [2.24, 2.45) is 5.41 Å². The number of nitrogens with zero attached hydrogens (tertiary/aromatic N) is 2. The Morgan fingerprint density at radius 1 is 1.08 bits per heavy atom. The number of methoxy groups -OCH3 is 1. The molecule has 1 aromatic heterocycles. The predicted octanol–water partition coefficient (Wildman–Crippen LogP) is 5.65. The second-order valence-electron chi connectivity index (χ2n) is 10.7. The average molecular weight is 521 g/mol. The van der Waals surface area contributed by atoms with Crippen molar-refractivity contribution in [2.75, 3.05) is 31.7 Å². The number of ether oxygens (including phenoxy) is 2. The van der Waals surface area contributed by atoms with Gasteiger partial charge in [-0.2, -0.15) is 0 Å². The summed E-state index contributed by atoms with van der Waals surface area (Å²) >= 11 is 0. The lowest BCUT2D eigenvalue weighted by Crippen LogP contribution is -2.38. The lowest BCUT2D eigenvalue weighted by Gasteiger charge is -2.40. The van der Waals surface area contributed by atoms with Crippen molar-refractivity contribution in [3.05, 3.63) is 76.9 Å². The van der Waals surface area contributed by atoms with Gasteiger partial charge in [-0.3, -0.25) is 9.78 Å². The van der Waals surface area contributed by atoms with Crippen molar-refractivity contribution >= 4 is 11.7 Å². The summed E-state index contributed by atoms with van der Waals surface area (Å²) in [6.45, 7) is 8.45. The lowest BCUT2D eigenvalue weighted by molar-refractivity contribution is -0.139. The fourth-order valence-corrected chi connectivity index (χ4v) is 5.00. The van der Waals surface area contributed by atoms with Crippen molar-refractivity contribution in [1.29, 1.82) is 0 Å². The molecule has 0 spiro atoms. The van der Waals surface area contributed by atoms with Crippen LogP contribution in [-0.2, 0) is 29.0 Å². The van der Waals surface area contributed by atoms with Crippen LogP contribution >= 0.6 is 0 Å². The Bertz CT molecular complexity index is 1250. The van der Waals surface area contributed by atoms with Gasteiger partial charge in [-0.25, -0.2) is 4.39 Å². The first-order chi connectivity index (χ1) is 18.2. The molecule has 1 N–H and O–H groups in total. The quantitative estimate of drug-likeness (QED) is 0.368. The van der Waals surface area contributed by atoms with Crippen molar-refractivity contribution in [3.8, 4) is 16.9 Å². The SMILES string of the molecule is COC(=O)Cc1c(CO)nc(C)c(-c2ccc(OCCc3ccc(F)cc3)cc2)c1N1CCC(C)(C)CC1. The van der Waals surface area contributed by atoms with E-state index in [0.717, 1.165) is 65.3 Å². The summed E-state index contributed by atoms with van der Waals surface area (Å²) < 4.78 is 24.1. The van der Waals surface area contributed by atoms with Gasteiger partial charge in [0, 0.05) is 36.3 Å². The molecule has 1 saturated heterocycles. The minimum absolute atomic E-state index is 0.0481. The molecule has 0 atom stereocenters. The Kier molecular flexibility index (Phi) is 8.67. The topological polar surface area (TPSA) is 71.9 Å². The first-order valence-corrected chi connectivity index (χ1v) is 13.1. The minimum Gasteiger partial charge on any atom is -0.493 e. The van der Waals surface area contributed by atoms with Gasteiger partial charge >= 0.3 is 5.97 Å². The number of carbonyl (C=O) groups excluding carboxylic acids is 1. The maximum Gasteiger partial charge on any atom is 0.310 e. The summed E-state index contributed by atoms with van der Waals surface area (Å²) in [6, 6.07) is 14.3. The van der Waals surface area contributed by atoms with Gasteiger partial charge in [-0.15, -0.1) is 0 Å². The second-order valence-corrected chi connectivity index (χ2v) is 10.7. The van der Waals surface area contributed by atoms with Gasteiger partial charge in [0.15, 0.2) is 0 Å². The Morgan fingerprint density at radius 2 is 1.74 bits per heavy atom. The number of carbonyl (C=O) groups is 1. The molecule has 0 amide bonds. The van der Waals surface area contributed by atoms with Crippen LogP contribution in [0.2, 0.25) is 0 Å². The summed E-state index contributed by atoms with van der Waals surface area (Å²) in [5, 5.41) is 10.1. The van der Waals surface area contributed by atoms with Gasteiger partial charge in [0.1, 0.15) is 11.6 Å². The van der Waals surface area contributed by atoms with E-state index in [4.69, 9.17) is 14.5 Å². The molecule has 2 heterocycles. The van der Waals surface area contributed by atoms with E-state index in [-0.39, 0.29) is 30.2 Å². The van der Waals surface area contributed by atoms with Gasteiger partial charge in [-0.1, -0.05) is 38.1 Å². The van der Waals surface area contributed by atoms with Crippen LogP contribution in [0.5, 0.6) is 5.75 Å². The summed E-state index contributed by atoms with van der Waals surface area (Å²) in [4.78, 5) is 19.4. The molecule has 202 valence electrons. The maximum atomic E-state index is 13.1. The van der Waals surface area contributed by atoms with Crippen LogP contribution in [0.4, 0.5) is 10.1 Å². The van der Waals surface area contributed by atoms with Crippen LogP contribution in [0.3, 0.4) is 0 Å². The smallest absolute Gasteiger partial charge is 0.310 e. The highest BCUT2D eigenvalue weighted by molar-refractivity contribution is 5.87. The van der Waals surface area contributed by atoms with Crippen molar-refractivity contribution in [1.82, 2.24) is 4.98 Å². The third-order valence-electron chi connectivity index (χ3n) is 7.38. The van der Waals surface area contributed by atoms with E-state index in [1.165, 1.54) is 19.2 Å². The number of anilines is 1. The highest BCUT2D eigenvalue weighted by Crippen LogP contribution is 2.42. The first kappa shape index (κ1) is 27.6. The normalized spacial score (nSPS) is 14.8.